The lowest BCUT2D eigenvalue weighted by molar-refractivity contribution is -0.137. The van der Waals surface area contributed by atoms with Crippen molar-refractivity contribution in [2.75, 3.05) is 6.61 Å². The maximum atomic E-state index is 11.8. The fourth-order valence-electron chi connectivity index (χ4n) is 2.01. The molecule has 0 fully saturated rings. The van der Waals surface area contributed by atoms with Gasteiger partial charge >= 0.3 is 5.97 Å². The maximum absolute atomic E-state index is 11.8. The van der Waals surface area contributed by atoms with Gasteiger partial charge in [0, 0.05) is 6.04 Å². The highest BCUT2D eigenvalue weighted by molar-refractivity contribution is 5.78. The number of ether oxygens (including phenoxy) is 1. The third kappa shape index (κ3) is 5.85. The number of carbonyl (C=O) groups excluding carboxylic acids is 1. The van der Waals surface area contributed by atoms with Crippen molar-refractivity contribution < 1.29 is 19.4 Å². The molecule has 0 spiro atoms. The molecule has 0 aliphatic heterocycles. The molecule has 1 unspecified atom stereocenters. The molecule has 1 aromatic carbocycles. The van der Waals surface area contributed by atoms with Crippen LogP contribution in [0.3, 0.4) is 0 Å². The zero-order chi connectivity index (χ0) is 15.8. The van der Waals surface area contributed by atoms with Crippen LogP contribution in [0.4, 0.5) is 0 Å². The summed E-state index contributed by atoms with van der Waals surface area (Å²) in [5.41, 5.74) is 1.04. The van der Waals surface area contributed by atoms with Crippen LogP contribution in [0.1, 0.15) is 45.1 Å². The minimum Gasteiger partial charge on any atom is -0.483 e. The zero-order valence-corrected chi connectivity index (χ0v) is 12.8. The van der Waals surface area contributed by atoms with Crippen LogP contribution in [-0.2, 0) is 9.59 Å². The first-order chi connectivity index (χ1) is 9.93. The van der Waals surface area contributed by atoms with Crippen LogP contribution in [0, 0.1) is 0 Å². The minimum absolute atomic E-state index is 0.0786. The van der Waals surface area contributed by atoms with Crippen molar-refractivity contribution >= 4 is 11.9 Å². The van der Waals surface area contributed by atoms with Crippen LogP contribution in [-0.4, -0.2) is 29.6 Å². The monoisotopic (exact) mass is 293 g/mol. The first-order valence-corrected chi connectivity index (χ1v) is 7.16. The minimum atomic E-state index is -0.923. The smallest absolute Gasteiger partial charge is 0.305 e. The molecule has 0 bridgehead atoms. The van der Waals surface area contributed by atoms with Gasteiger partial charge < -0.3 is 15.2 Å². The Kier molecular flexibility index (Phi) is 6.72. The fraction of sp³-hybridized carbons (Fsp3) is 0.500. The highest BCUT2D eigenvalue weighted by Gasteiger charge is 2.15. The van der Waals surface area contributed by atoms with Gasteiger partial charge in [-0.2, -0.15) is 0 Å². The average Bonchev–Trinajstić information content (AvgIpc) is 2.44. The first kappa shape index (κ1) is 17.0. The van der Waals surface area contributed by atoms with Gasteiger partial charge in [-0.05, 0) is 24.0 Å². The summed E-state index contributed by atoms with van der Waals surface area (Å²) in [6.07, 6.45) is 0.492. The lowest BCUT2D eigenvalue weighted by Gasteiger charge is -2.17. The molecule has 1 aromatic rings. The molecule has 1 atom stereocenters. The van der Waals surface area contributed by atoms with Gasteiger partial charge in [-0.1, -0.05) is 39.0 Å². The molecule has 0 aliphatic rings. The Labute approximate surface area is 125 Å². The van der Waals surface area contributed by atoms with Crippen molar-refractivity contribution in [2.24, 2.45) is 0 Å². The van der Waals surface area contributed by atoms with E-state index in [1.165, 1.54) is 0 Å². The summed E-state index contributed by atoms with van der Waals surface area (Å²) in [7, 11) is 0. The number of hydrogen-bond donors (Lipinski definition) is 2. The molecule has 0 radical (unpaired) electrons. The molecule has 5 nitrogen and oxygen atoms in total. The summed E-state index contributed by atoms with van der Waals surface area (Å²) >= 11 is 0. The lowest BCUT2D eigenvalue weighted by Crippen LogP contribution is -2.38. The fourth-order valence-corrected chi connectivity index (χ4v) is 2.01. The summed E-state index contributed by atoms with van der Waals surface area (Å²) in [4.78, 5) is 22.5. The van der Waals surface area contributed by atoms with Gasteiger partial charge in [-0.15, -0.1) is 0 Å². The van der Waals surface area contributed by atoms with Crippen molar-refractivity contribution in [2.45, 2.75) is 45.6 Å². The zero-order valence-electron chi connectivity index (χ0n) is 12.8. The highest BCUT2D eigenvalue weighted by atomic mass is 16.5. The second-order valence-corrected chi connectivity index (χ2v) is 5.25. The van der Waals surface area contributed by atoms with Crippen molar-refractivity contribution in [1.82, 2.24) is 5.32 Å². The molecule has 2 N–H and O–H groups in total. The summed E-state index contributed by atoms with van der Waals surface area (Å²) in [6.45, 7) is 5.84. The molecule has 116 valence electrons. The third-order valence-corrected chi connectivity index (χ3v) is 3.18. The van der Waals surface area contributed by atoms with Gasteiger partial charge in [-0.25, -0.2) is 0 Å². The highest BCUT2D eigenvalue weighted by Crippen LogP contribution is 2.25. The van der Waals surface area contributed by atoms with E-state index < -0.39 is 5.97 Å². The van der Waals surface area contributed by atoms with Gasteiger partial charge in [0.2, 0.25) is 0 Å². The Hall–Kier alpha value is -2.04. The van der Waals surface area contributed by atoms with Gasteiger partial charge in [0.05, 0.1) is 6.42 Å². The van der Waals surface area contributed by atoms with Crippen LogP contribution in [0.25, 0.3) is 0 Å². The molecule has 0 aromatic heterocycles. The number of nitrogens with one attached hydrogen (secondary N) is 1. The second-order valence-electron chi connectivity index (χ2n) is 5.25. The number of rotatable bonds is 8. The largest absolute Gasteiger partial charge is 0.483 e. The Morgan fingerprint density at radius 2 is 1.95 bits per heavy atom. The number of carboxylic acid groups (broad SMARTS) is 1. The van der Waals surface area contributed by atoms with Gasteiger partial charge in [0.25, 0.3) is 5.91 Å². The topological polar surface area (TPSA) is 75.6 Å². The van der Waals surface area contributed by atoms with E-state index in [-0.39, 0.29) is 25.0 Å². The van der Waals surface area contributed by atoms with E-state index in [0.29, 0.717) is 18.1 Å². The predicted molar refractivity (Wildman–Crippen MR) is 80.5 cm³/mol. The van der Waals surface area contributed by atoms with Crippen LogP contribution >= 0.6 is 0 Å². The number of hydrogen-bond acceptors (Lipinski definition) is 3. The molecule has 0 saturated carbocycles. The van der Waals surface area contributed by atoms with E-state index in [2.05, 4.69) is 19.2 Å². The van der Waals surface area contributed by atoms with Gasteiger partial charge in [0.1, 0.15) is 5.75 Å². The number of amides is 1. The maximum Gasteiger partial charge on any atom is 0.305 e. The Morgan fingerprint density at radius 1 is 1.29 bits per heavy atom. The molecule has 21 heavy (non-hydrogen) atoms. The number of benzene rings is 1. The molecule has 0 saturated heterocycles. The number of carbonyl (C=O) groups is 2. The van der Waals surface area contributed by atoms with E-state index in [4.69, 9.17) is 9.84 Å². The standard InChI is InChI=1S/C16H23NO4/c1-4-12(9-16(19)20)17-15(18)10-21-14-8-6-5-7-13(14)11(2)3/h5-8,11-12H,4,9-10H2,1-3H3,(H,17,18)(H,19,20). The second kappa shape index (κ2) is 8.29. The summed E-state index contributed by atoms with van der Waals surface area (Å²) in [5, 5.41) is 11.4. The van der Waals surface area contributed by atoms with Crippen LogP contribution in [0.15, 0.2) is 24.3 Å². The van der Waals surface area contributed by atoms with E-state index in [9.17, 15) is 9.59 Å². The predicted octanol–water partition coefficient (Wildman–Crippen LogP) is 2.56. The number of carboxylic acids is 1. The number of aliphatic carboxylic acids is 1. The molecular weight excluding hydrogens is 270 g/mol. The van der Waals surface area contributed by atoms with Crippen molar-refractivity contribution in [1.29, 1.82) is 0 Å². The summed E-state index contributed by atoms with van der Waals surface area (Å²) in [6, 6.07) is 7.23. The number of para-hydroxylation sites is 1. The van der Waals surface area contributed by atoms with E-state index in [1.807, 2.05) is 31.2 Å². The first-order valence-electron chi connectivity index (χ1n) is 7.16. The van der Waals surface area contributed by atoms with E-state index in [1.54, 1.807) is 0 Å². The van der Waals surface area contributed by atoms with Gasteiger partial charge in [-0.3, -0.25) is 9.59 Å². The van der Waals surface area contributed by atoms with Gasteiger partial charge in [0.15, 0.2) is 6.61 Å². The molecule has 0 heterocycles. The van der Waals surface area contributed by atoms with E-state index in [0.717, 1.165) is 5.56 Å². The Balaban J connectivity index is 2.55. The van der Waals surface area contributed by atoms with Crippen LogP contribution in [0.2, 0.25) is 0 Å². The average molecular weight is 293 g/mol. The third-order valence-electron chi connectivity index (χ3n) is 3.18. The SMILES string of the molecule is CCC(CC(=O)O)NC(=O)COc1ccccc1C(C)C. The molecule has 0 aliphatic carbocycles. The van der Waals surface area contributed by atoms with E-state index >= 15 is 0 Å². The Bertz CT molecular complexity index is 485. The summed E-state index contributed by atoms with van der Waals surface area (Å²) < 4.78 is 5.55. The van der Waals surface area contributed by atoms with Crippen molar-refractivity contribution in [3.8, 4) is 5.75 Å². The Morgan fingerprint density at radius 3 is 2.52 bits per heavy atom. The van der Waals surface area contributed by atoms with Crippen LogP contribution < -0.4 is 10.1 Å². The molecule has 1 amide bonds. The molecule has 5 heteroatoms. The normalized spacial score (nSPS) is 12.0. The van der Waals surface area contributed by atoms with Crippen molar-refractivity contribution in [3.05, 3.63) is 29.8 Å². The quantitative estimate of drug-likeness (QED) is 0.772. The van der Waals surface area contributed by atoms with Crippen LogP contribution in [0.5, 0.6) is 5.75 Å². The van der Waals surface area contributed by atoms with Crippen molar-refractivity contribution in [3.63, 3.8) is 0 Å². The molecule has 1 rings (SSSR count). The molecular formula is C16H23NO4. The summed E-state index contributed by atoms with van der Waals surface area (Å²) in [5.74, 6) is -0.233. The lowest BCUT2D eigenvalue weighted by atomic mass is 10.0.